The maximum atomic E-state index is 11.5. The Bertz CT molecular complexity index is 280. The summed E-state index contributed by atoms with van der Waals surface area (Å²) in [6.07, 6.45) is 1.46. The van der Waals surface area contributed by atoms with Crippen LogP contribution in [0.4, 0.5) is 0 Å². The van der Waals surface area contributed by atoms with E-state index in [9.17, 15) is 4.79 Å². The Labute approximate surface area is 84.9 Å². The Kier molecular flexibility index (Phi) is 4.17. The number of methoxy groups -OCH3 is 1. The van der Waals surface area contributed by atoms with E-state index in [-0.39, 0.29) is 11.9 Å². The molecule has 1 radical (unpaired) electrons. The number of benzene rings is 1. The van der Waals surface area contributed by atoms with Crippen LogP contribution in [0.5, 0.6) is 0 Å². The van der Waals surface area contributed by atoms with Crippen LogP contribution in [-0.4, -0.2) is 13.1 Å². The first-order valence-corrected chi connectivity index (χ1v) is 4.71. The Morgan fingerprint density at radius 2 is 2.07 bits per heavy atom. The molecule has 1 atom stereocenters. The van der Waals surface area contributed by atoms with E-state index in [0.29, 0.717) is 0 Å². The number of esters is 1. The molecule has 0 saturated heterocycles. The standard InChI is InChI=1S/C12H15O2/c1-3-7-11(12(13)14-2)10-8-5-4-6-9-10/h4-6,8-9,11H,1,3,7H2,2H3. The molecule has 0 bridgehead atoms. The van der Waals surface area contributed by atoms with Crippen LogP contribution >= 0.6 is 0 Å². The van der Waals surface area contributed by atoms with Gasteiger partial charge in [-0.25, -0.2) is 0 Å². The van der Waals surface area contributed by atoms with E-state index in [0.717, 1.165) is 18.4 Å². The van der Waals surface area contributed by atoms with Crippen LogP contribution in [0.25, 0.3) is 0 Å². The molecule has 0 spiro atoms. The third kappa shape index (κ3) is 2.59. The van der Waals surface area contributed by atoms with Crippen LogP contribution in [0, 0.1) is 6.92 Å². The maximum absolute atomic E-state index is 11.5. The fourth-order valence-corrected chi connectivity index (χ4v) is 1.45. The molecule has 0 fully saturated rings. The van der Waals surface area contributed by atoms with Gasteiger partial charge >= 0.3 is 5.97 Å². The SMILES string of the molecule is [CH2]CCC(C(=O)OC)c1ccccc1. The molecule has 0 aliphatic carbocycles. The second kappa shape index (κ2) is 5.43. The van der Waals surface area contributed by atoms with Crippen molar-refractivity contribution in [2.45, 2.75) is 18.8 Å². The minimum absolute atomic E-state index is 0.168. The van der Waals surface area contributed by atoms with Crippen molar-refractivity contribution in [2.75, 3.05) is 7.11 Å². The van der Waals surface area contributed by atoms with Crippen molar-refractivity contribution in [3.63, 3.8) is 0 Å². The third-order valence-electron chi connectivity index (χ3n) is 2.18. The highest BCUT2D eigenvalue weighted by Crippen LogP contribution is 2.21. The van der Waals surface area contributed by atoms with Crippen LogP contribution in [0.15, 0.2) is 30.3 Å². The molecular formula is C12H15O2. The van der Waals surface area contributed by atoms with Gasteiger partial charge in [-0.3, -0.25) is 4.79 Å². The molecule has 1 unspecified atom stereocenters. The van der Waals surface area contributed by atoms with E-state index in [4.69, 9.17) is 4.74 Å². The molecule has 0 saturated carbocycles. The van der Waals surface area contributed by atoms with E-state index in [1.54, 1.807) is 0 Å². The van der Waals surface area contributed by atoms with Crippen LogP contribution in [0.3, 0.4) is 0 Å². The second-order valence-corrected chi connectivity index (χ2v) is 3.13. The molecule has 2 nitrogen and oxygen atoms in total. The molecule has 0 aliphatic rings. The molecule has 75 valence electrons. The van der Waals surface area contributed by atoms with Crippen molar-refractivity contribution < 1.29 is 9.53 Å². The Morgan fingerprint density at radius 3 is 2.57 bits per heavy atom. The highest BCUT2D eigenvalue weighted by Gasteiger charge is 2.19. The number of ether oxygens (including phenoxy) is 1. The van der Waals surface area contributed by atoms with Gasteiger partial charge in [-0.05, 0) is 12.0 Å². The predicted molar refractivity (Wildman–Crippen MR) is 55.8 cm³/mol. The molecule has 14 heavy (non-hydrogen) atoms. The Morgan fingerprint density at radius 1 is 1.43 bits per heavy atom. The molecule has 0 heterocycles. The molecule has 2 heteroatoms. The van der Waals surface area contributed by atoms with E-state index >= 15 is 0 Å². The topological polar surface area (TPSA) is 26.3 Å². The molecule has 0 N–H and O–H groups in total. The lowest BCUT2D eigenvalue weighted by molar-refractivity contribution is -0.142. The van der Waals surface area contributed by atoms with E-state index < -0.39 is 0 Å². The summed E-state index contributed by atoms with van der Waals surface area (Å²) in [6.45, 7) is 3.76. The normalized spacial score (nSPS) is 12.1. The van der Waals surface area contributed by atoms with E-state index in [2.05, 4.69) is 6.92 Å². The summed E-state index contributed by atoms with van der Waals surface area (Å²) in [5.41, 5.74) is 1.00. The van der Waals surface area contributed by atoms with Crippen molar-refractivity contribution in [1.29, 1.82) is 0 Å². The lowest BCUT2D eigenvalue weighted by atomic mass is 9.95. The van der Waals surface area contributed by atoms with Crippen molar-refractivity contribution in [3.05, 3.63) is 42.8 Å². The summed E-state index contributed by atoms with van der Waals surface area (Å²) >= 11 is 0. The van der Waals surface area contributed by atoms with Gasteiger partial charge in [-0.2, -0.15) is 0 Å². The summed E-state index contributed by atoms with van der Waals surface area (Å²) < 4.78 is 4.75. The monoisotopic (exact) mass is 191 g/mol. The van der Waals surface area contributed by atoms with Gasteiger partial charge in [0.15, 0.2) is 0 Å². The average molecular weight is 191 g/mol. The minimum Gasteiger partial charge on any atom is -0.469 e. The zero-order valence-electron chi connectivity index (χ0n) is 8.40. The predicted octanol–water partition coefficient (Wildman–Crippen LogP) is 2.56. The minimum atomic E-state index is -0.181. The summed E-state index contributed by atoms with van der Waals surface area (Å²) in [5, 5.41) is 0. The van der Waals surface area contributed by atoms with Crippen molar-refractivity contribution in [2.24, 2.45) is 0 Å². The molecule has 1 rings (SSSR count). The molecule has 1 aromatic rings. The first-order valence-electron chi connectivity index (χ1n) is 4.71. The van der Waals surface area contributed by atoms with Gasteiger partial charge < -0.3 is 4.74 Å². The van der Waals surface area contributed by atoms with Crippen LogP contribution in [0.1, 0.15) is 24.3 Å². The summed E-state index contributed by atoms with van der Waals surface area (Å²) in [4.78, 5) is 11.5. The Hall–Kier alpha value is -1.31. The highest BCUT2D eigenvalue weighted by molar-refractivity contribution is 5.77. The molecule has 0 amide bonds. The number of carbonyl (C=O) groups excluding carboxylic acids is 1. The summed E-state index contributed by atoms with van der Waals surface area (Å²) in [6, 6.07) is 9.67. The van der Waals surface area contributed by atoms with Crippen LogP contribution < -0.4 is 0 Å². The number of rotatable bonds is 4. The average Bonchev–Trinajstić information content (AvgIpc) is 2.26. The van der Waals surface area contributed by atoms with Gasteiger partial charge in [0.05, 0.1) is 13.0 Å². The van der Waals surface area contributed by atoms with E-state index in [1.807, 2.05) is 30.3 Å². The van der Waals surface area contributed by atoms with Gasteiger partial charge in [0.25, 0.3) is 0 Å². The quantitative estimate of drug-likeness (QED) is 0.684. The fourth-order valence-electron chi connectivity index (χ4n) is 1.45. The van der Waals surface area contributed by atoms with Crippen molar-refractivity contribution >= 4 is 5.97 Å². The van der Waals surface area contributed by atoms with Gasteiger partial charge in [0.1, 0.15) is 0 Å². The molecule has 0 aromatic heterocycles. The Balaban J connectivity index is 2.83. The van der Waals surface area contributed by atoms with Gasteiger partial charge in [0.2, 0.25) is 0 Å². The number of hydrogen-bond donors (Lipinski definition) is 0. The van der Waals surface area contributed by atoms with Crippen molar-refractivity contribution in [1.82, 2.24) is 0 Å². The molecule has 0 aliphatic heterocycles. The second-order valence-electron chi connectivity index (χ2n) is 3.13. The first-order chi connectivity index (χ1) is 6.79. The zero-order chi connectivity index (χ0) is 10.4. The smallest absolute Gasteiger partial charge is 0.313 e. The lowest BCUT2D eigenvalue weighted by Gasteiger charge is -2.13. The van der Waals surface area contributed by atoms with Crippen LogP contribution in [-0.2, 0) is 9.53 Å². The fraction of sp³-hybridized carbons (Fsp3) is 0.333. The number of hydrogen-bond acceptors (Lipinski definition) is 2. The first kappa shape index (κ1) is 10.8. The largest absolute Gasteiger partial charge is 0.469 e. The van der Waals surface area contributed by atoms with E-state index in [1.165, 1.54) is 7.11 Å². The summed E-state index contributed by atoms with van der Waals surface area (Å²) in [5.74, 6) is -0.349. The third-order valence-corrected chi connectivity index (χ3v) is 2.18. The van der Waals surface area contributed by atoms with Crippen molar-refractivity contribution in [3.8, 4) is 0 Å². The summed E-state index contributed by atoms with van der Waals surface area (Å²) in [7, 11) is 1.42. The van der Waals surface area contributed by atoms with Gasteiger partial charge in [-0.15, -0.1) is 0 Å². The zero-order valence-corrected chi connectivity index (χ0v) is 8.40. The van der Waals surface area contributed by atoms with Gasteiger partial charge in [0, 0.05) is 0 Å². The lowest BCUT2D eigenvalue weighted by Crippen LogP contribution is -2.13. The molecule has 1 aromatic carbocycles. The maximum Gasteiger partial charge on any atom is 0.313 e. The van der Waals surface area contributed by atoms with Gasteiger partial charge in [-0.1, -0.05) is 43.7 Å². The number of carbonyl (C=O) groups is 1. The van der Waals surface area contributed by atoms with Crippen LogP contribution in [0.2, 0.25) is 0 Å². The highest BCUT2D eigenvalue weighted by atomic mass is 16.5. The molecular weight excluding hydrogens is 176 g/mol.